The van der Waals surface area contributed by atoms with Crippen LogP contribution in [0.1, 0.15) is 13.8 Å². The second-order valence-corrected chi connectivity index (χ2v) is 5.58. The number of aromatic nitrogens is 3. The van der Waals surface area contributed by atoms with Gasteiger partial charge in [-0.15, -0.1) is 0 Å². The SMILES string of the molecule is CC(C)Cn1cnc2c(N)nc3ccc(Cl)cc3c21. The van der Waals surface area contributed by atoms with Gasteiger partial charge in [-0.3, -0.25) is 0 Å². The smallest absolute Gasteiger partial charge is 0.152 e. The van der Waals surface area contributed by atoms with E-state index in [1.54, 1.807) is 0 Å². The molecule has 0 atom stereocenters. The Morgan fingerprint density at radius 2 is 2.16 bits per heavy atom. The van der Waals surface area contributed by atoms with Crippen LogP contribution in [0, 0.1) is 5.92 Å². The molecule has 1 aromatic carbocycles. The summed E-state index contributed by atoms with van der Waals surface area (Å²) >= 11 is 6.10. The molecule has 0 amide bonds. The van der Waals surface area contributed by atoms with E-state index in [0.717, 1.165) is 28.5 Å². The summed E-state index contributed by atoms with van der Waals surface area (Å²) in [6.07, 6.45) is 1.82. The molecule has 2 heterocycles. The van der Waals surface area contributed by atoms with Crippen molar-refractivity contribution in [1.82, 2.24) is 14.5 Å². The molecule has 0 unspecified atom stereocenters. The van der Waals surface area contributed by atoms with Crippen molar-refractivity contribution < 1.29 is 0 Å². The van der Waals surface area contributed by atoms with Gasteiger partial charge < -0.3 is 10.3 Å². The van der Waals surface area contributed by atoms with Crippen molar-refractivity contribution in [3.8, 4) is 0 Å². The minimum Gasteiger partial charge on any atom is -0.382 e. The first-order chi connectivity index (χ1) is 9.06. The standard InChI is InChI=1S/C14H15ClN4/c1-8(2)6-19-7-17-12-13(19)10-5-9(15)3-4-11(10)18-14(12)16/h3-5,7-8H,6H2,1-2H3,(H2,16,18). The predicted molar refractivity (Wildman–Crippen MR) is 79.3 cm³/mol. The zero-order valence-electron chi connectivity index (χ0n) is 10.9. The first-order valence-corrected chi connectivity index (χ1v) is 6.63. The Morgan fingerprint density at radius 1 is 1.37 bits per heavy atom. The largest absolute Gasteiger partial charge is 0.382 e. The fourth-order valence-electron chi connectivity index (χ4n) is 2.36. The lowest BCUT2D eigenvalue weighted by atomic mass is 10.1. The molecular formula is C14H15ClN4. The average Bonchev–Trinajstić information content (AvgIpc) is 2.74. The normalized spacial score (nSPS) is 11.8. The number of benzene rings is 1. The molecule has 98 valence electrons. The number of imidazole rings is 1. The van der Waals surface area contributed by atoms with Gasteiger partial charge in [-0.05, 0) is 24.1 Å². The van der Waals surface area contributed by atoms with Gasteiger partial charge in [-0.1, -0.05) is 25.4 Å². The zero-order chi connectivity index (χ0) is 13.6. The highest BCUT2D eigenvalue weighted by atomic mass is 35.5. The van der Waals surface area contributed by atoms with Crippen molar-refractivity contribution in [2.45, 2.75) is 20.4 Å². The third kappa shape index (κ3) is 2.02. The van der Waals surface area contributed by atoms with E-state index in [4.69, 9.17) is 17.3 Å². The summed E-state index contributed by atoms with van der Waals surface area (Å²) in [7, 11) is 0. The summed E-state index contributed by atoms with van der Waals surface area (Å²) in [5.74, 6) is 0.994. The highest BCUT2D eigenvalue weighted by molar-refractivity contribution is 6.31. The lowest BCUT2D eigenvalue weighted by molar-refractivity contribution is 0.533. The molecule has 0 aliphatic carbocycles. The van der Waals surface area contributed by atoms with Gasteiger partial charge in [-0.2, -0.15) is 0 Å². The van der Waals surface area contributed by atoms with Gasteiger partial charge in [0.15, 0.2) is 5.82 Å². The van der Waals surface area contributed by atoms with Gasteiger partial charge in [-0.25, -0.2) is 9.97 Å². The van der Waals surface area contributed by atoms with Crippen molar-refractivity contribution in [1.29, 1.82) is 0 Å². The number of hydrogen-bond acceptors (Lipinski definition) is 3. The van der Waals surface area contributed by atoms with Crippen LogP contribution in [0.4, 0.5) is 5.82 Å². The molecule has 0 bridgehead atoms. The maximum atomic E-state index is 6.10. The molecular weight excluding hydrogens is 260 g/mol. The van der Waals surface area contributed by atoms with Crippen LogP contribution >= 0.6 is 11.6 Å². The van der Waals surface area contributed by atoms with Gasteiger partial charge in [0.2, 0.25) is 0 Å². The predicted octanol–water partition coefficient (Wildman–Crippen LogP) is 3.48. The molecule has 19 heavy (non-hydrogen) atoms. The molecule has 0 saturated carbocycles. The Bertz CT molecular complexity index is 761. The fraction of sp³-hybridized carbons (Fsp3) is 0.286. The molecule has 0 aliphatic heterocycles. The van der Waals surface area contributed by atoms with E-state index in [1.807, 2.05) is 24.5 Å². The summed E-state index contributed by atoms with van der Waals surface area (Å²) in [6, 6.07) is 5.63. The van der Waals surface area contributed by atoms with Gasteiger partial charge >= 0.3 is 0 Å². The number of nitrogen functional groups attached to an aromatic ring is 1. The lowest BCUT2D eigenvalue weighted by Gasteiger charge is -2.09. The third-order valence-electron chi connectivity index (χ3n) is 3.10. The number of hydrogen-bond donors (Lipinski definition) is 1. The van der Waals surface area contributed by atoms with Crippen LogP contribution in [0.2, 0.25) is 5.02 Å². The monoisotopic (exact) mass is 274 g/mol. The first kappa shape index (κ1) is 12.2. The zero-order valence-corrected chi connectivity index (χ0v) is 11.6. The minimum absolute atomic E-state index is 0.465. The number of nitrogens with zero attached hydrogens (tertiary/aromatic N) is 3. The van der Waals surface area contributed by atoms with Crippen molar-refractivity contribution in [3.05, 3.63) is 29.5 Å². The topological polar surface area (TPSA) is 56.7 Å². The molecule has 2 N–H and O–H groups in total. The molecule has 3 rings (SSSR count). The Hall–Kier alpha value is -1.81. The van der Waals surface area contributed by atoms with Crippen molar-refractivity contribution in [3.63, 3.8) is 0 Å². The first-order valence-electron chi connectivity index (χ1n) is 6.26. The second-order valence-electron chi connectivity index (χ2n) is 5.15. The van der Waals surface area contributed by atoms with Crippen LogP contribution in [0.3, 0.4) is 0 Å². The number of nitrogens with two attached hydrogens (primary N) is 1. The van der Waals surface area contributed by atoms with E-state index in [9.17, 15) is 0 Å². The van der Waals surface area contributed by atoms with Crippen LogP contribution in [0.25, 0.3) is 21.9 Å². The van der Waals surface area contributed by atoms with Crippen molar-refractivity contribution >= 4 is 39.4 Å². The Balaban J connectivity index is 2.41. The molecule has 0 radical (unpaired) electrons. The quantitative estimate of drug-likeness (QED) is 0.778. The molecule has 4 nitrogen and oxygen atoms in total. The van der Waals surface area contributed by atoms with E-state index in [1.165, 1.54) is 0 Å². The van der Waals surface area contributed by atoms with Gasteiger partial charge in [0.05, 0.1) is 17.4 Å². The van der Waals surface area contributed by atoms with Crippen LogP contribution in [-0.2, 0) is 6.54 Å². The summed E-state index contributed by atoms with van der Waals surface area (Å²) in [6.45, 7) is 5.23. The maximum absolute atomic E-state index is 6.10. The summed E-state index contributed by atoms with van der Waals surface area (Å²) < 4.78 is 2.12. The number of anilines is 1. The molecule has 3 aromatic rings. The summed E-state index contributed by atoms with van der Waals surface area (Å²) in [5.41, 5.74) is 8.59. The third-order valence-corrected chi connectivity index (χ3v) is 3.33. The fourth-order valence-corrected chi connectivity index (χ4v) is 2.53. The van der Waals surface area contributed by atoms with E-state index in [0.29, 0.717) is 16.8 Å². The maximum Gasteiger partial charge on any atom is 0.152 e. The van der Waals surface area contributed by atoms with E-state index in [2.05, 4.69) is 28.4 Å². The molecule has 0 saturated heterocycles. The average molecular weight is 275 g/mol. The van der Waals surface area contributed by atoms with Crippen LogP contribution in [-0.4, -0.2) is 14.5 Å². The van der Waals surface area contributed by atoms with Gasteiger partial charge in [0.25, 0.3) is 0 Å². The number of fused-ring (bicyclic) bond motifs is 3. The molecule has 5 heteroatoms. The lowest BCUT2D eigenvalue weighted by Crippen LogP contribution is -2.03. The summed E-state index contributed by atoms with van der Waals surface area (Å²) in [4.78, 5) is 8.76. The molecule has 0 fully saturated rings. The number of pyridine rings is 1. The van der Waals surface area contributed by atoms with Crippen molar-refractivity contribution in [2.75, 3.05) is 5.73 Å². The molecule has 0 aliphatic rings. The molecule has 0 spiro atoms. The highest BCUT2D eigenvalue weighted by Gasteiger charge is 2.13. The number of halogens is 1. The Morgan fingerprint density at radius 3 is 2.89 bits per heavy atom. The van der Waals surface area contributed by atoms with Gasteiger partial charge in [0.1, 0.15) is 5.52 Å². The molecule has 2 aromatic heterocycles. The minimum atomic E-state index is 0.465. The van der Waals surface area contributed by atoms with E-state index < -0.39 is 0 Å². The second kappa shape index (κ2) is 4.38. The van der Waals surface area contributed by atoms with E-state index in [-0.39, 0.29) is 0 Å². The van der Waals surface area contributed by atoms with Crippen LogP contribution < -0.4 is 5.73 Å². The Labute approximate surface area is 116 Å². The van der Waals surface area contributed by atoms with Crippen LogP contribution in [0.15, 0.2) is 24.5 Å². The van der Waals surface area contributed by atoms with Crippen LogP contribution in [0.5, 0.6) is 0 Å². The summed E-state index contributed by atoms with van der Waals surface area (Å²) in [5, 5.41) is 1.69. The number of rotatable bonds is 2. The van der Waals surface area contributed by atoms with Gasteiger partial charge in [0, 0.05) is 17.0 Å². The van der Waals surface area contributed by atoms with E-state index >= 15 is 0 Å². The van der Waals surface area contributed by atoms with Crippen molar-refractivity contribution in [2.24, 2.45) is 5.92 Å². The highest BCUT2D eigenvalue weighted by Crippen LogP contribution is 2.29. The Kier molecular flexibility index (Phi) is 2.82.